The van der Waals surface area contributed by atoms with E-state index in [-0.39, 0.29) is 0 Å². The summed E-state index contributed by atoms with van der Waals surface area (Å²) in [5.74, 6) is 1.05. The second-order valence-corrected chi connectivity index (χ2v) is 7.06. The number of pyridine rings is 1. The number of nitrogens with zero attached hydrogens (tertiary/aromatic N) is 6. The quantitative estimate of drug-likeness (QED) is 0.840. The molecule has 2 aromatic rings. The molecule has 2 fully saturated rings. The van der Waals surface area contributed by atoms with E-state index in [2.05, 4.69) is 43.1 Å². The van der Waals surface area contributed by atoms with Crippen molar-refractivity contribution in [1.82, 2.24) is 29.3 Å². The Kier molecular flexibility index (Phi) is 4.05. The smallest absolute Gasteiger partial charge is 0.160 e. The molecule has 2 aromatic heterocycles. The largest absolute Gasteiger partial charge is 0.298 e. The third-order valence-corrected chi connectivity index (χ3v) is 5.28. The van der Waals surface area contributed by atoms with Crippen LogP contribution >= 0.6 is 0 Å². The highest BCUT2D eigenvalue weighted by Crippen LogP contribution is 2.19. The standard InChI is InChI=1S/C17H26N6/c1-14(2)21-7-9-22(10-8-21)15-11-20(12-15)13-17-19-18-16-5-3-4-6-23(16)17/h3-6,14-15H,7-13H2,1-2H3. The third kappa shape index (κ3) is 2.98. The lowest BCUT2D eigenvalue weighted by molar-refractivity contribution is -0.00526. The molecule has 0 amide bonds. The van der Waals surface area contributed by atoms with Crippen molar-refractivity contribution in [2.45, 2.75) is 32.5 Å². The number of piperazine rings is 1. The molecular formula is C17H26N6. The monoisotopic (exact) mass is 314 g/mol. The normalized spacial score (nSPS) is 22.0. The van der Waals surface area contributed by atoms with E-state index < -0.39 is 0 Å². The highest BCUT2D eigenvalue weighted by atomic mass is 15.4. The van der Waals surface area contributed by atoms with Gasteiger partial charge in [0.25, 0.3) is 0 Å². The molecule has 6 nitrogen and oxygen atoms in total. The Morgan fingerprint density at radius 3 is 2.61 bits per heavy atom. The van der Waals surface area contributed by atoms with Gasteiger partial charge in [0.2, 0.25) is 0 Å². The summed E-state index contributed by atoms with van der Waals surface area (Å²) in [6.07, 6.45) is 2.05. The summed E-state index contributed by atoms with van der Waals surface area (Å²) in [6.45, 7) is 12.6. The summed E-state index contributed by atoms with van der Waals surface area (Å²) in [5, 5.41) is 8.57. The molecule has 124 valence electrons. The number of fused-ring (bicyclic) bond motifs is 1. The maximum absolute atomic E-state index is 4.34. The first-order valence-electron chi connectivity index (χ1n) is 8.70. The fraction of sp³-hybridized carbons (Fsp3) is 0.647. The van der Waals surface area contributed by atoms with Crippen molar-refractivity contribution in [2.24, 2.45) is 0 Å². The summed E-state index contributed by atoms with van der Waals surface area (Å²) in [5.41, 5.74) is 0.935. The third-order valence-electron chi connectivity index (χ3n) is 5.28. The second kappa shape index (κ2) is 6.19. The Labute approximate surface area is 137 Å². The molecule has 2 aliphatic heterocycles. The molecule has 0 spiro atoms. The maximum atomic E-state index is 4.34. The number of hydrogen-bond donors (Lipinski definition) is 0. The van der Waals surface area contributed by atoms with Crippen LogP contribution in [0.3, 0.4) is 0 Å². The minimum Gasteiger partial charge on any atom is -0.298 e. The highest BCUT2D eigenvalue weighted by Gasteiger charge is 2.34. The van der Waals surface area contributed by atoms with Crippen LogP contribution in [0.25, 0.3) is 5.65 Å². The first-order valence-corrected chi connectivity index (χ1v) is 8.70. The zero-order valence-corrected chi connectivity index (χ0v) is 14.1. The van der Waals surface area contributed by atoms with Gasteiger partial charge in [-0.05, 0) is 26.0 Å². The molecule has 0 radical (unpaired) electrons. The molecule has 6 heteroatoms. The van der Waals surface area contributed by atoms with Gasteiger partial charge in [-0.1, -0.05) is 6.07 Å². The minimum absolute atomic E-state index is 0.677. The van der Waals surface area contributed by atoms with Gasteiger partial charge < -0.3 is 0 Å². The molecule has 2 saturated heterocycles. The van der Waals surface area contributed by atoms with Crippen LogP contribution in [-0.4, -0.2) is 80.7 Å². The first kappa shape index (κ1) is 15.1. The average molecular weight is 314 g/mol. The van der Waals surface area contributed by atoms with Gasteiger partial charge in [-0.25, -0.2) is 0 Å². The van der Waals surface area contributed by atoms with E-state index in [0.717, 1.165) is 37.1 Å². The van der Waals surface area contributed by atoms with Crippen LogP contribution in [0.2, 0.25) is 0 Å². The van der Waals surface area contributed by atoms with E-state index in [1.54, 1.807) is 0 Å². The zero-order valence-electron chi connectivity index (χ0n) is 14.1. The van der Waals surface area contributed by atoms with Gasteiger partial charge in [-0.15, -0.1) is 10.2 Å². The number of rotatable bonds is 4. The van der Waals surface area contributed by atoms with Gasteiger partial charge in [0, 0.05) is 57.5 Å². The Morgan fingerprint density at radius 2 is 1.87 bits per heavy atom. The first-order chi connectivity index (χ1) is 11.2. The number of aromatic nitrogens is 3. The minimum atomic E-state index is 0.677. The predicted molar refractivity (Wildman–Crippen MR) is 90.3 cm³/mol. The average Bonchev–Trinajstić information content (AvgIpc) is 2.94. The zero-order chi connectivity index (χ0) is 15.8. The molecule has 4 rings (SSSR count). The predicted octanol–water partition coefficient (Wildman–Crippen LogP) is 0.939. The molecule has 4 heterocycles. The number of likely N-dealkylation sites (tertiary alicyclic amines) is 1. The van der Waals surface area contributed by atoms with Crippen LogP contribution in [0.5, 0.6) is 0 Å². The second-order valence-electron chi connectivity index (χ2n) is 7.06. The SMILES string of the molecule is CC(C)N1CCN(C2CN(Cc3nnc4ccccn34)C2)CC1. The van der Waals surface area contributed by atoms with E-state index in [4.69, 9.17) is 0 Å². The summed E-state index contributed by atoms with van der Waals surface area (Å²) >= 11 is 0. The Bertz CT molecular complexity index is 652. The van der Waals surface area contributed by atoms with E-state index >= 15 is 0 Å². The topological polar surface area (TPSA) is 39.9 Å². The number of hydrogen-bond acceptors (Lipinski definition) is 5. The van der Waals surface area contributed by atoms with E-state index in [1.165, 1.54) is 26.2 Å². The molecule has 0 unspecified atom stereocenters. The van der Waals surface area contributed by atoms with E-state index in [0.29, 0.717) is 6.04 Å². The summed E-state index contributed by atoms with van der Waals surface area (Å²) < 4.78 is 2.09. The molecule has 0 N–H and O–H groups in total. The Hall–Kier alpha value is -1.50. The van der Waals surface area contributed by atoms with Gasteiger partial charge >= 0.3 is 0 Å². The Morgan fingerprint density at radius 1 is 1.09 bits per heavy atom. The van der Waals surface area contributed by atoms with Crippen LogP contribution in [0.4, 0.5) is 0 Å². The lowest BCUT2D eigenvalue weighted by atomic mass is 10.1. The summed E-state index contributed by atoms with van der Waals surface area (Å²) in [7, 11) is 0. The molecule has 0 bridgehead atoms. The highest BCUT2D eigenvalue weighted by molar-refractivity contribution is 5.36. The van der Waals surface area contributed by atoms with Crippen molar-refractivity contribution in [3.05, 3.63) is 30.2 Å². The summed E-state index contributed by atoms with van der Waals surface area (Å²) in [4.78, 5) is 7.72. The fourth-order valence-electron chi connectivity index (χ4n) is 3.72. The van der Waals surface area contributed by atoms with Gasteiger partial charge in [0.1, 0.15) is 0 Å². The van der Waals surface area contributed by atoms with Crippen molar-refractivity contribution in [1.29, 1.82) is 0 Å². The molecule has 0 saturated carbocycles. The fourth-order valence-corrected chi connectivity index (χ4v) is 3.72. The van der Waals surface area contributed by atoms with Crippen LogP contribution < -0.4 is 0 Å². The molecular weight excluding hydrogens is 288 g/mol. The molecule has 0 aliphatic carbocycles. The van der Waals surface area contributed by atoms with Gasteiger partial charge in [0.15, 0.2) is 11.5 Å². The van der Waals surface area contributed by atoms with Gasteiger partial charge in [0.05, 0.1) is 6.54 Å². The van der Waals surface area contributed by atoms with Crippen LogP contribution in [0.15, 0.2) is 24.4 Å². The molecule has 0 atom stereocenters. The van der Waals surface area contributed by atoms with Crippen molar-refractivity contribution in [2.75, 3.05) is 39.3 Å². The van der Waals surface area contributed by atoms with Crippen molar-refractivity contribution < 1.29 is 0 Å². The Balaban J connectivity index is 1.29. The molecule has 0 aromatic carbocycles. The van der Waals surface area contributed by atoms with Crippen LogP contribution in [-0.2, 0) is 6.54 Å². The van der Waals surface area contributed by atoms with Crippen molar-refractivity contribution in [3.8, 4) is 0 Å². The van der Waals surface area contributed by atoms with Crippen LogP contribution in [0.1, 0.15) is 19.7 Å². The van der Waals surface area contributed by atoms with Crippen LogP contribution in [0, 0.1) is 0 Å². The van der Waals surface area contributed by atoms with Gasteiger partial charge in [-0.2, -0.15) is 0 Å². The molecule has 2 aliphatic rings. The maximum Gasteiger partial charge on any atom is 0.160 e. The van der Waals surface area contributed by atoms with E-state index in [9.17, 15) is 0 Å². The molecule has 23 heavy (non-hydrogen) atoms. The lowest BCUT2D eigenvalue weighted by Crippen LogP contribution is -2.63. The van der Waals surface area contributed by atoms with Gasteiger partial charge in [-0.3, -0.25) is 19.1 Å². The van der Waals surface area contributed by atoms with Crippen molar-refractivity contribution >= 4 is 5.65 Å². The lowest BCUT2D eigenvalue weighted by Gasteiger charge is -2.48. The van der Waals surface area contributed by atoms with Crippen molar-refractivity contribution in [3.63, 3.8) is 0 Å². The van der Waals surface area contributed by atoms with E-state index in [1.807, 2.05) is 24.4 Å². The summed E-state index contributed by atoms with van der Waals surface area (Å²) in [6, 6.07) is 7.45.